The smallest absolute Gasteiger partial charge is 0.223 e. The molecular formula is C16H28N2O2. The van der Waals surface area contributed by atoms with E-state index < -0.39 is 0 Å². The van der Waals surface area contributed by atoms with Gasteiger partial charge in [0.25, 0.3) is 0 Å². The van der Waals surface area contributed by atoms with Crippen molar-refractivity contribution in [2.24, 2.45) is 0 Å². The number of unbranched alkanes of at least 4 members (excludes halogenated alkanes) is 1. The third kappa shape index (κ3) is 3.85. The van der Waals surface area contributed by atoms with Gasteiger partial charge in [0.1, 0.15) is 0 Å². The van der Waals surface area contributed by atoms with Crippen molar-refractivity contribution in [3.05, 3.63) is 27.7 Å². The van der Waals surface area contributed by atoms with Gasteiger partial charge in [-0.1, -0.05) is 20.3 Å². The zero-order valence-corrected chi connectivity index (χ0v) is 13.4. The molecule has 0 fully saturated rings. The fourth-order valence-corrected chi connectivity index (χ4v) is 2.51. The lowest BCUT2D eigenvalue weighted by Crippen LogP contribution is -2.26. The molecule has 20 heavy (non-hydrogen) atoms. The molecule has 1 N–H and O–H groups in total. The molecule has 0 saturated carbocycles. The first kappa shape index (κ1) is 16.8. The minimum atomic E-state index is -0.277. The van der Waals surface area contributed by atoms with Gasteiger partial charge in [0.15, 0.2) is 5.75 Å². The van der Waals surface area contributed by atoms with E-state index >= 15 is 0 Å². The molecule has 0 aromatic carbocycles. The first-order valence-electron chi connectivity index (χ1n) is 7.54. The van der Waals surface area contributed by atoms with Crippen LogP contribution in [0.5, 0.6) is 5.75 Å². The van der Waals surface area contributed by atoms with Crippen LogP contribution in [0.15, 0.2) is 10.9 Å². The Morgan fingerprint density at radius 3 is 2.60 bits per heavy atom. The molecule has 1 rings (SSSR count). The van der Waals surface area contributed by atoms with Gasteiger partial charge in [-0.3, -0.25) is 4.79 Å². The van der Waals surface area contributed by atoms with E-state index in [1.165, 1.54) is 6.07 Å². The molecule has 1 heterocycles. The van der Waals surface area contributed by atoms with Crippen molar-refractivity contribution in [1.82, 2.24) is 9.47 Å². The zero-order chi connectivity index (χ0) is 15.3. The number of aromatic hydroxyl groups is 1. The Bertz CT molecular complexity index is 494. The van der Waals surface area contributed by atoms with E-state index in [4.69, 9.17) is 0 Å². The molecular weight excluding hydrogens is 252 g/mol. The number of hydrogen-bond acceptors (Lipinski definition) is 3. The Hall–Kier alpha value is -1.29. The Labute approximate surface area is 122 Å². The molecule has 0 spiro atoms. The first-order chi connectivity index (χ1) is 9.42. The summed E-state index contributed by atoms with van der Waals surface area (Å²) in [6.45, 7) is 9.90. The fraction of sp³-hybridized carbons (Fsp3) is 0.688. The molecule has 0 aliphatic heterocycles. The molecule has 1 aromatic rings. The van der Waals surface area contributed by atoms with Crippen molar-refractivity contribution >= 4 is 0 Å². The standard InChI is InChI=1S/C16H28N2O2/c1-6-8-9-17(5)11-14-16(20)15(19)10-13(4)18(14)12(3)7-2/h10,12,20H,6-9,11H2,1-5H3. The van der Waals surface area contributed by atoms with E-state index in [1.54, 1.807) is 0 Å². The molecule has 1 unspecified atom stereocenters. The quantitative estimate of drug-likeness (QED) is 0.835. The topological polar surface area (TPSA) is 45.5 Å². The first-order valence-corrected chi connectivity index (χ1v) is 7.54. The highest BCUT2D eigenvalue weighted by molar-refractivity contribution is 5.30. The largest absolute Gasteiger partial charge is 0.503 e. The Morgan fingerprint density at radius 2 is 2.05 bits per heavy atom. The van der Waals surface area contributed by atoms with Crippen LogP contribution in [0.1, 0.15) is 57.5 Å². The number of aromatic nitrogens is 1. The molecule has 4 heteroatoms. The molecule has 4 nitrogen and oxygen atoms in total. The van der Waals surface area contributed by atoms with Gasteiger partial charge >= 0.3 is 0 Å². The molecule has 0 amide bonds. The lowest BCUT2D eigenvalue weighted by atomic mass is 10.1. The van der Waals surface area contributed by atoms with Crippen LogP contribution in [0.2, 0.25) is 0 Å². The highest BCUT2D eigenvalue weighted by atomic mass is 16.3. The monoisotopic (exact) mass is 280 g/mol. The highest BCUT2D eigenvalue weighted by Gasteiger charge is 2.17. The SMILES string of the molecule is CCCCN(C)Cc1c(O)c(=O)cc(C)n1C(C)CC. The van der Waals surface area contributed by atoms with Crippen LogP contribution in [0.4, 0.5) is 0 Å². The predicted molar refractivity (Wildman–Crippen MR) is 83.3 cm³/mol. The highest BCUT2D eigenvalue weighted by Crippen LogP contribution is 2.22. The van der Waals surface area contributed by atoms with E-state index in [1.807, 2.05) is 14.0 Å². The van der Waals surface area contributed by atoms with Gasteiger partial charge in [-0.05, 0) is 40.3 Å². The minimum absolute atomic E-state index is 0.0979. The van der Waals surface area contributed by atoms with Crippen LogP contribution in [0, 0.1) is 6.92 Å². The molecule has 0 radical (unpaired) electrons. The van der Waals surface area contributed by atoms with Gasteiger partial charge in [0.2, 0.25) is 5.43 Å². The molecule has 1 atom stereocenters. The van der Waals surface area contributed by atoms with Crippen LogP contribution >= 0.6 is 0 Å². The summed E-state index contributed by atoms with van der Waals surface area (Å²) in [4.78, 5) is 14.0. The molecule has 0 aliphatic carbocycles. The summed E-state index contributed by atoms with van der Waals surface area (Å²) < 4.78 is 2.10. The van der Waals surface area contributed by atoms with Crippen molar-refractivity contribution in [3.8, 4) is 5.75 Å². The lowest BCUT2D eigenvalue weighted by molar-refractivity contribution is 0.295. The van der Waals surface area contributed by atoms with Crippen molar-refractivity contribution in [3.63, 3.8) is 0 Å². The van der Waals surface area contributed by atoms with E-state index in [2.05, 4.69) is 30.2 Å². The van der Waals surface area contributed by atoms with Gasteiger partial charge in [-0.2, -0.15) is 0 Å². The van der Waals surface area contributed by atoms with E-state index in [9.17, 15) is 9.90 Å². The molecule has 0 bridgehead atoms. The molecule has 114 valence electrons. The maximum Gasteiger partial charge on any atom is 0.223 e. The second-order valence-electron chi connectivity index (χ2n) is 5.66. The summed E-state index contributed by atoms with van der Waals surface area (Å²) in [6, 6.07) is 1.80. The normalized spacial score (nSPS) is 12.9. The summed E-state index contributed by atoms with van der Waals surface area (Å²) in [7, 11) is 2.03. The minimum Gasteiger partial charge on any atom is -0.503 e. The second kappa shape index (κ2) is 7.48. The summed E-state index contributed by atoms with van der Waals surface area (Å²) in [6.07, 6.45) is 3.23. The average molecular weight is 280 g/mol. The maximum absolute atomic E-state index is 11.8. The summed E-state index contributed by atoms with van der Waals surface area (Å²) in [5.41, 5.74) is 1.38. The van der Waals surface area contributed by atoms with Crippen LogP contribution in [-0.4, -0.2) is 28.2 Å². The van der Waals surface area contributed by atoms with Crippen LogP contribution < -0.4 is 5.43 Å². The zero-order valence-electron chi connectivity index (χ0n) is 13.4. The van der Waals surface area contributed by atoms with E-state index in [0.717, 1.165) is 37.2 Å². The van der Waals surface area contributed by atoms with Gasteiger partial charge in [-0.25, -0.2) is 0 Å². The Morgan fingerprint density at radius 1 is 1.40 bits per heavy atom. The summed E-state index contributed by atoms with van der Waals surface area (Å²) in [5.74, 6) is -0.0979. The van der Waals surface area contributed by atoms with Crippen LogP contribution in [0.3, 0.4) is 0 Å². The summed E-state index contributed by atoms with van der Waals surface area (Å²) in [5, 5.41) is 10.2. The van der Waals surface area contributed by atoms with Crippen molar-refractivity contribution in [2.75, 3.05) is 13.6 Å². The van der Waals surface area contributed by atoms with E-state index in [0.29, 0.717) is 6.54 Å². The molecule has 0 saturated heterocycles. The maximum atomic E-state index is 11.8. The van der Waals surface area contributed by atoms with E-state index in [-0.39, 0.29) is 17.2 Å². The van der Waals surface area contributed by atoms with Crippen LogP contribution in [-0.2, 0) is 6.54 Å². The predicted octanol–water partition coefficient (Wildman–Crippen LogP) is 3.07. The van der Waals surface area contributed by atoms with Crippen LogP contribution in [0.25, 0.3) is 0 Å². The number of pyridine rings is 1. The van der Waals surface area contributed by atoms with Gasteiger partial charge < -0.3 is 14.6 Å². The van der Waals surface area contributed by atoms with Crippen molar-refractivity contribution < 1.29 is 5.11 Å². The Kier molecular flexibility index (Phi) is 6.27. The number of aryl methyl sites for hydroxylation is 1. The third-order valence-corrected chi connectivity index (χ3v) is 3.86. The number of hydrogen-bond donors (Lipinski definition) is 1. The fourth-order valence-electron chi connectivity index (χ4n) is 2.51. The van der Waals surface area contributed by atoms with Gasteiger partial charge in [0, 0.05) is 24.3 Å². The molecule has 0 aliphatic rings. The third-order valence-electron chi connectivity index (χ3n) is 3.86. The summed E-state index contributed by atoms with van der Waals surface area (Å²) >= 11 is 0. The number of rotatable bonds is 7. The average Bonchev–Trinajstić information content (AvgIpc) is 2.41. The molecule has 1 aromatic heterocycles. The van der Waals surface area contributed by atoms with Gasteiger partial charge in [-0.15, -0.1) is 0 Å². The number of nitrogens with zero attached hydrogens (tertiary/aromatic N) is 2. The Balaban J connectivity index is 3.17. The van der Waals surface area contributed by atoms with Crippen molar-refractivity contribution in [2.45, 2.75) is 59.5 Å². The second-order valence-corrected chi connectivity index (χ2v) is 5.66. The van der Waals surface area contributed by atoms with Crippen molar-refractivity contribution in [1.29, 1.82) is 0 Å². The van der Waals surface area contributed by atoms with Gasteiger partial charge in [0.05, 0.1) is 5.69 Å². The lowest BCUT2D eigenvalue weighted by Gasteiger charge is -2.26.